The van der Waals surface area contributed by atoms with E-state index in [0.717, 1.165) is 5.69 Å². The molecule has 15 heavy (non-hydrogen) atoms. The highest BCUT2D eigenvalue weighted by molar-refractivity contribution is 5.69. The molecule has 0 atom stereocenters. The van der Waals surface area contributed by atoms with Crippen molar-refractivity contribution in [3.8, 4) is 11.8 Å². The fraction of sp³-hybridized carbons (Fsp3) is 0.333. The molecule has 0 saturated carbocycles. The molecule has 0 aliphatic rings. The fourth-order valence-corrected chi connectivity index (χ4v) is 0.987. The molecule has 1 aromatic heterocycles. The highest BCUT2D eigenvalue weighted by Gasteiger charge is 1.97. The number of hydrogen-bond acceptors (Lipinski definition) is 3. The van der Waals surface area contributed by atoms with Crippen LogP contribution in [0.3, 0.4) is 0 Å². The third-order valence-corrected chi connectivity index (χ3v) is 1.64. The van der Waals surface area contributed by atoms with Crippen molar-refractivity contribution in [2.24, 2.45) is 0 Å². The van der Waals surface area contributed by atoms with Crippen LogP contribution in [0.4, 0.5) is 0 Å². The van der Waals surface area contributed by atoms with E-state index in [1.807, 2.05) is 18.2 Å². The molecule has 0 aliphatic carbocycles. The topological polar surface area (TPSA) is 39.2 Å². The third kappa shape index (κ3) is 4.82. The van der Waals surface area contributed by atoms with Crippen molar-refractivity contribution in [1.82, 2.24) is 4.98 Å². The lowest BCUT2D eigenvalue weighted by molar-refractivity contribution is -0.142. The number of carbonyl (C=O) groups excluding carboxylic acids is 1. The predicted molar refractivity (Wildman–Crippen MR) is 57.0 cm³/mol. The van der Waals surface area contributed by atoms with Crippen LogP contribution in [0, 0.1) is 11.8 Å². The largest absolute Gasteiger partial charge is 0.466 e. The molecule has 1 rings (SSSR count). The minimum Gasteiger partial charge on any atom is -0.466 e. The van der Waals surface area contributed by atoms with Gasteiger partial charge < -0.3 is 4.74 Å². The molecule has 0 spiro atoms. The van der Waals surface area contributed by atoms with E-state index in [2.05, 4.69) is 16.8 Å². The molecule has 0 amide bonds. The number of ether oxygens (including phenoxy) is 1. The van der Waals surface area contributed by atoms with Crippen molar-refractivity contribution >= 4 is 5.97 Å². The molecule has 0 N–H and O–H groups in total. The Balaban J connectivity index is 2.32. The van der Waals surface area contributed by atoms with Crippen LogP contribution in [0.5, 0.6) is 0 Å². The van der Waals surface area contributed by atoms with Crippen LogP contribution in [-0.2, 0) is 9.53 Å². The normalized spacial score (nSPS) is 8.87. The van der Waals surface area contributed by atoms with E-state index >= 15 is 0 Å². The van der Waals surface area contributed by atoms with Gasteiger partial charge in [0, 0.05) is 12.6 Å². The first kappa shape index (κ1) is 11.3. The van der Waals surface area contributed by atoms with Crippen molar-refractivity contribution in [3.05, 3.63) is 30.1 Å². The van der Waals surface area contributed by atoms with Crippen LogP contribution in [0.2, 0.25) is 0 Å². The van der Waals surface area contributed by atoms with Gasteiger partial charge in [0.15, 0.2) is 0 Å². The Labute approximate surface area is 89.5 Å². The lowest BCUT2D eigenvalue weighted by atomic mass is 10.3. The molecule has 1 aromatic rings. The zero-order valence-corrected chi connectivity index (χ0v) is 8.69. The number of rotatable bonds is 3. The van der Waals surface area contributed by atoms with Crippen LogP contribution >= 0.6 is 0 Å². The van der Waals surface area contributed by atoms with Gasteiger partial charge in [-0.3, -0.25) is 4.79 Å². The van der Waals surface area contributed by atoms with E-state index in [4.69, 9.17) is 4.74 Å². The number of pyridine rings is 1. The zero-order valence-electron chi connectivity index (χ0n) is 8.69. The standard InChI is InChI=1S/C12H13NO2/c1-2-15-12(14)9-4-3-7-11-8-5-6-10-13-11/h5-6,8,10H,2,4,9H2,1H3. The molecule has 0 unspecified atom stereocenters. The van der Waals surface area contributed by atoms with Gasteiger partial charge in [-0.05, 0) is 25.0 Å². The van der Waals surface area contributed by atoms with Crippen molar-refractivity contribution in [2.45, 2.75) is 19.8 Å². The lowest BCUT2D eigenvalue weighted by Gasteiger charge is -1.96. The van der Waals surface area contributed by atoms with Crippen LogP contribution in [-0.4, -0.2) is 17.6 Å². The first-order valence-corrected chi connectivity index (χ1v) is 4.88. The van der Waals surface area contributed by atoms with Crippen molar-refractivity contribution in [1.29, 1.82) is 0 Å². The van der Waals surface area contributed by atoms with Gasteiger partial charge in [-0.1, -0.05) is 12.0 Å². The number of hydrogen-bond donors (Lipinski definition) is 0. The fourth-order valence-electron chi connectivity index (χ4n) is 0.987. The van der Waals surface area contributed by atoms with E-state index in [1.165, 1.54) is 0 Å². The molecular formula is C12H13NO2. The Morgan fingerprint density at radius 2 is 2.40 bits per heavy atom. The molecule has 1 heterocycles. The van der Waals surface area contributed by atoms with Gasteiger partial charge in [-0.2, -0.15) is 0 Å². The Bertz CT molecular complexity index is 362. The van der Waals surface area contributed by atoms with E-state index in [-0.39, 0.29) is 5.97 Å². The number of carbonyl (C=O) groups is 1. The summed E-state index contributed by atoms with van der Waals surface area (Å²) in [6.07, 6.45) is 2.54. The van der Waals surface area contributed by atoms with Gasteiger partial charge in [0.2, 0.25) is 0 Å². The molecule has 0 radical (unpaired) electrons. The quantitative estimate of drug-likeness (QED) is 0.555. The summed E-state index contributed by atoms with van der Waals surface area (Å²) in [5.74, 6) is 5.55. The maximum atomic E-state index is 10.9. The van der Waals surface area contributed by atoms with E-state index in [9.17, 15) is 4.79 Å². The maximum Gasteiger partial charge on any atom is 0.306 e. The second-order valence-corrected chi connectivity index (χ2v) is 2.82. The molecule has 0 aliphatic heterocycles. The van der Waals surface area contributed by atoms with Gasteiger partial charge in [0.1, 0.15) is 5.69 Å². The van der Waals surface area contributed by atoms with Gasteiger partial charge >= 0.3 is 5.97 Å². The van der Waals surface area contributed by atoms with Gasteiger partial charge in [-0.15, -0.1) is 0 Å². The molecule has 0 fully saturated rings. The van der Waals surface area contributed by atoms with Gasteiger partial charge in [0.25, 0.3) is 0 Å². The highest BCUT2D eigenvalue weighted by Crippen LogP contribution is 1.93. The first-order chi connectivity index (χ1) is 7.33. The summed E-state index contributed by atoms with van der Waals surface area (Å²) in [4.78, 5) is 15.0. The van der Waals surface area contributed by atoms with Gasteiger partial charge in [-0.25, -0.2) is 4.98 Å². The highest BCUT2D eigenvalue weighted by atomic mass is 16.5. The number of aromatic nitrogens is 1. The summed E-state index contributed by atoms with van der Waals surface area (Å²) in [6, 6.07) is 5.55. The molecule has 3 nitrogen and oxygen atoms in total. The minimum atomic E-state index is -0.201. The molecule has 0 aromatic carbocycles. The summed E-state index contributed by atoms with van der Waals surface area (Å²) in [7, 11) is 0. The number of nitrogens with zero attached hydrogens (tertiary/aromatic N) is 1. The molecule has 78 valence electrons. The monoisotopic (exact) mass is 203 g/mol. The van der Waals surface area contributed by atoms with E-state index < -0.39 is 0 Å². The lowest BCUT2D eigenvalue weighted by Crippen LogP contribution is -2.02. The van der Waals surface area contributed by atoms with E-state index in [0.29, 0.717) is 19.4 Å². The van der Waals surface area contributed by atoms with Crippen LogP contribution in [0.15, 0.2) is 24.4 Å². The Morgan fingerprint density at radius 3 is 3.07 bits per heavy atom. The van der Waals surface area contributed by atoms with Crippen LogP contribution < -0.4 is 0 Å². The second kappa shape index (κ2) is 6.61. The number of esters is 1. The molecule has 3 heteroatoms. The summed E-state index contributed by atoms with van der Waals surface area (Å²) in [5.41, 5.74) is 0.723. The Hall–Kier alpha value is -1.82. The van der Waals surface area contributed by atoms with Crippen LogP contribution in [0.25, 0.3) is 0 Å². The zero-order chi connectivity index (χ0) is 10.9. The summed E-state index contributed by atoms with van der Waals surface area (Å²) >= 11 is 0. The Kier molecular flexibility index (Phi) is 4.96. The van der Waals surface area contributed by atoms with Gasteiger partial charge in [0.05, 0.1) is 13.0 Å². The predicted octanol–water partition coefficient (Wildman–Crippen LogP) is 1.78. The minimum absolute atomic E-state index is 0.201. The second-order valence-electron chi connectivity index (χ2n) is 2.82. The van der Waals surface area contributed by atoms with Crippen molar-refractivity contribution < 1.29 is 9.53 Å². The molecular weight excluding hydrogens is 190 g/mol. The average Bonchev–Trinajstić information content (AvgIpc) is 2.26. The smallest absolute Gasteiger partial charge is 0.306 e. The summed E-state index contributed by atoms with van der Waals surface area (Å²) in [6.45, 7) is 2.21. The SMILES string of the molecule is CCOC(=O)CCC#Cc1ccccn1. The average molecular weight is 203 g/mol. The molecule has 0 bridgehead atoms. The van der Waals surface area contributed by atoms with Crippen molar-refractivity contribution in [3.63, 3.8) is 0 Å². The first-order valence-electron chi connectivity index (χ1n) is 4.88. The summed E-state index contributed by atoms with van der Waals surface area (Å²) < 4.78 is 4.77. The summed E-state index contributed by atoms with van der Waals surface area (Å²) in [5, 5.41) is 0. The third-order valence-electron chi connectivity index (χ3n) is 1.64. The Morgan fingerprint density at radius 1 is 1.53 bits per heavy atom. The van der Waals surface area contributed by atoms with Crippen molar-refractivity contribution in [2.75, 3.05) is 6.61 Å². The maximum absolute atomic E-state index is 10.9. The van der Waals surface area contributed by atoms with Crippen LogP contribution in [0.1, 0.15) is 25.5 Å². The molecule has 0 saturated heterocycles. The van der Waals surface area contributed by atoms with E-state index in [1.54, 1.807) is 13.1 Å².